The number of rotatable bonds is 10. The molecule has 4 N–H and O–H groups in total. The van der Waals surface area contributed by atoms with Crippen LogP contribution in [0.15, 0.2) is 72.4 Å². The van der Waals surface area contributed by atoms with Gasteiger partial charge in [0.15, 0.2) is 0 Å². The Hall–Kier alpha value is -3.85. The predicted molar refractivity (Wildman–Crippen MR) is 158 cm³/mol. The van der Waals surface area contributed by atoms with Crippen LogP contribution in [0.25, 0.3) is 10.9 Å². The molecule has 3 aromatic carbocycles. The Morgan fingerprint density at radius 1 is 1.16 bits per heavy atom. The molecule has 1 aromatic heterocycles. The Labute approximate surface area is 227 Å². The molecule has 1 aliphatic rings. The van der Waals surface area contributed by atoms with Crippen LogP contribution in [-0.4, -0.2) is 29.6 Å². The van der Waals surface area contributed by atoms with Crippen LogP contribution in [0.1, 0.15) is 35.6 Å². The summed E-state index contributed by atoms with van der Waals surface area (Å²) in [5, 5.41) is 9.90. The van der Waals surface area contributed by atoms with Gasteiger partial charge in [-0.2, -0.15) is 0 Å². The minimum absolute atomic E-state index is 0.246. The van der Waals surface area contributed by atoms with Gasteiger partial charge >= 0.3 is 198 Å². The molecule has 1 atom stereocenters. The second-order valence-electron chi connectivity index (χ2n) is 9.17. The van der Waals surface area contributed by atoms with Crippen LogP contribution in [0, 0.1) is 12.7 Å². The molecule has 0 saturated carbocycles. The van der Waals surface area contributed by atoms with Gasteiger partial charge in [-0.3, -0.25) is 0 Å². The van der Waals surface area contributed by atoms with E-state index in [-0.39, 0.29) is 5.82 Å². The van der Waals surface area contributed by atoms with Gasteiger partial charge in [0, 0.05) is 0 Å². The van der Waals surface area contributed by atoms with Gasteiger partial charge in [0.1, 0.15) is 5.82 Å². The number of nitrogens with one attached hydrogen (secondary N) is 2. The monoisotopic (exact) mass is 524 g/mol. The molecule has 5 rings (SSSR count). The zero-order chi connectivity index (χ0) is 26.5. The average Bonchev–Trinajstić information content (AvgIpc) is 3.45. The average molecular weight is 524 g/mol. The molecule has 1 radical (unpaired) electrons. The van der Waals surface area contributed by atoms with Crippen LogP contribution in [0.3, 0.4) is 0 Å². The van der Waals surface area contributed by atoms with Crippen molar-refractivity contribution in [3.8, 4) is 5.75 Å². The van der Waals surface area contributed by atoms with E-state index in [1.165, 1.54) is 18.0 Å². The number of aryl methyl sites for hydroxylation is 1. The fourth-order valence-electron chi connectivity index (χ4n) is 4.25. The van der Waals surface area contributed by atoms with Crippen molar-refractivity contribution in [2.75, 3.05) is 23.0 Å². The first-order valence-electron chi connectivity index (χ1n) is 12.5. The molecule has 1 unspecified atom stereocenters. The van der Waals surface area contributed by atoms with Crippen molar-refractivity contribution < 1.29 is 9.13 Å². The van der Waals surface area contributed by atoms with E-state index in [9.17, 15) is 4.39 Å². The predicted octanol–water partition coefficient (Wildman–Crippen LogP) is 6.66. The molecule has 4 aromatic rings. The third kappa shape index (κ3) is 6.16. The van der Waals surface area contributed by atoms with Crippen molar-refractivity contribution in [3.05, 3.63) is 89.4 Å². The first-order valence-corrected chi connectivity index (χ1v) is 13.4. The molecule has 9 heteroatoms. The maximum atomic E-state index is 13.7. The number of nitrogens with zero attached hydrogens (tertiary/aromatic N) is 2. The standard InChI is InChI=1S/C29H28BFN5OS/c1-18-14-20(7-9-23(18)31)35-29-22-16-21(8-11-25(22)33-17-34-29)37-12-2-5-28(30)36-26-15-19(6-10-24(26)32)27-4-3-13-38-27/h3,6-11,13-17,27,36H,2,4-5,12,32H2,1H3,(H,33,34,35). The molecular weight excluding hydrogens is 496 g/mol. The van der Waals surface area contributed by atoms with E-state index in [1.807, 2.05) is 36.0 Å². The summed E-state index contributed by atoms with van der Waals surface area (Å²) in [4.78, 5) is 8.72. The van der Waals surface area contributed by atoms with Crippen molar-refractivity contribution >= 4 is 58.6 Å². The van der Waals surface area contributed by atoms with E-state index in [2.05, 4.69) is 44.2 Å². The van der Waals surface area contributed by atoms with Gasteiger partial charge in [0.05, 0.1) is 0 Å². The van der Waals surface area contributed by atoms with Crippen molar-refractivity contribution in [1.82, 2.24) is 9.97 Å². The second-order valence-corrected chi connectivity index (χ2v) is 10.3. The normalized spacial score (nSPS) is 14.5. The number of hydrogen-bond acceptors (Lipinski definition) is 7. The number of hydrogen-bond donors (Lipinski definition) is 3. The minimum atomic E-state index is -0.246. The number of thioether (sulfide) groups is 1. The van der Waals surface area contributed by atoms with Crippen molar-refractivity contribution in [2.45, 2.75) is 31.4 Å². The van der Waals surface area contributed by atoms with Crippen molar-refractivity contribution in [3.63, 3.8) is 0 Å². The van der Waals surface area contributed by atoms with Gasteiger partial charge in [-0.15, -0.1) is 0 Å². The fourth-order valence-corrected chi connectivity index (χ4v) is 5.19. The number of fused-ring (bicyclic) bond motifs is 1. The van der Waals surface area contributed by atoms with E-state index in [0.717, 1.165) is 35.1 Å². The van der Waals surface area contributed by atoms with Crippen LogP contribution < -0.4 is 21.1 Å². The number of anilines is 4. The van der Waals surface area contributed by atoms with Gasteiger partial charge in [0.25, 0.3) is 0 Å². The van der Waals surface area contributed by atoms with E-state index in [1.54, 1.807) is 19.1 Å². The first kappa shape index (κ1) is 25.8. The van der Waals surface area contributed by atoms with Gasteiger partial charge < -0.3 is 0 Å². The molecule has 1 aliphatic heterocycles. The van der Waals surface area contributed by atoms with E-state index >= 15 is 0 Å². The van der Waals surface area contributed by atoms with Crippen molar-refractivity contribution in [1.29, 1.82) is 0 Å². The Balaban J connectivity index is 1.17. The second kappa shape index (κ2) is 11.7. The molecule has 0 spiro atoms. The topological polar surface area (TPSA) is 85.1 Å². The summed E-state index contributed by atoms with van der Waals surface area (Å²) in [5.41, 5.74) is 11.6. The molecule has 0 bridgehead atoms. The number of aromatic nitrogens is 2. The van der Waals surface area contributed by atoms with E-state index < -0.39 is 0 Å². The van der Waals surface area contributed by atoms with Crippen LogP contribution in [0.4, 0.5) is 27.3 Å². The Morgan fingerprint density at radius 2 is 2.05 bits per heavy atom. The van der Waals surface area contributed by atoms with Gasteiger partial charge in [-0.1, -0.05) is 0 Å². The molecule has 6 nitrogen and oxygen atoms in total. The summed E-state index contributed by atoms with van der Waals surface area (Å²) >= 11 is 1.82. The molecule has 0 saturated heterocycles. The Kier molecular flexibility index (Phi) is 7.93. The number of nitrogen functional groups attached to an aromatic ring is 1. The molecule has 191 valence electrons. The summed E-state index contributed by atoms with van der Waals surface area (Å²) in [6.45, 7) is 2.21. The van der Waals surface area contributed by atoms with Gasteiger partial charge in [0.2, 0.25) is 0 Å². The molecule has 38 heavy (non-hydrogen) atoms. The van der Waals surface area contributed by atoms with Gasteiger partial charge in [-0.05, 0) is 18.6 Å². The number of allylic oxidation sites excluding steroid dienone is 1. The number of benzene rings is 3. The molecular formula is C29H28BFN5OS. The summed E-state index contributed by atoms with van der Waals surface area (Å²) in [6, 6.07) is 16.6. The maximum absolute atomic E-state index is 13.7. The quantitative estimate of drug-likeness (QED) is 0.121. The molecule has 2 heterocycles. The third-order valence-electron chi connectivity index (χ3n) is 6.32. The third-order valence-corrected chi connectivity index (χ3v) is 7.46. The van der Waals surface area contributed by atoms with Crippen LogP contribution in [-0.2, 0) is 0 Å². The summed E-state index contributed by atoms with van der Waals surface area (Å²) in [6.07, 6.45) is 6.07. The van der Waals surface area contributed by atoms with E-state index in [0.29, 0.717) is 46.7 Å². The molecule has 0 amide bonds. The van der Waals surface area contributed by atoms with Crippen molar-refractivity contribution in [2.24, 2.45) is 0 Å². The zero-order valence-electron chi connectivity index (χ0n) is 21.1. The Bertz CT molecular complexity index is 1500. The first-order chi connectivity index (χ1) is 18.5. The van der Waals surface area contributed by atoms with Crippen LogP contribution >= 0.6 is 11.8 Å². The SMILES string of the molecule is [B]=C(CCCOc1ccc2ncnc(Nc3ccc(F)c(C)c3)c2c1)Nc1cc(C2CC=CS2)ccc1N. The Morgan fingerprint density at radius 3 is 2.87 bits per heavy atom. The number of halogens is 1. The molecule has 0 fully saturated rings. The van der Waals surface area contributed by atoms with Gasteiger partial charge in [-0.25, -0.2) is 4.39 Å². The summed E-state index contributed by atoms with van der Waals surface area (Å²) in [7, 11) is 6.27. The number of nitrogens with two attached hydrogens (primary N) is 1. The summed E-state index contributed by atoms with van der Waals surface area (Å²) in [5.74, 6) is 1.08. The van der Waals surface area contributed by atoms with E-state index in [4.69, 9.17) is 18.0 Å². The fraction of sp³-hybridized carbons (Fsp3) is 0.207. The molecule has 0 aliphatic carbocycles. The zero-order valence-corrected chi connectivity index (χ0v) is 21.9. The van der Waals surface area contributed by atoms with Crippen LogP contribution in [0.5, 0.6) is 5.75 Å². The van der Waals surface area contributed by atoms with Crippen LogP contribution in [0.2, 0.25) is 0 Å². The number of ether oxygens (including phenoxy) is 1. The summed E-state index contributed by atoms with van der Waals surface area (Å²) < 4.78 is 19.7.